The van der Waals surface area contributed by atoms with Gasteiger partial charge in [0.2, 0.25) is 35.4 Å². The third-order valence-electron chi connectivity index (χ3n) is 26.7. The molecule has 0 radical (unpaired) electrons. The topological polar surface area (TPSA) is 385 Å². The van der Waals surface area contributed by atoms with Crippen molar-refractivity contribution in [2.24, 2.45) is 45.3 Å². The second kappa shape index (κ2) is 42.7. The molecule has 710 valence electrons. The molecule has 9 N–H and O–H groups in total. The third-order valence-corrected chi connectivity index (χ3v) is 26.7. The van der Waals surface area contributed by atoms with E-state index in [4.69, 9.17) is 33.9 Å². The van der Waals surface area contributed by atoms with E-state index < -0.39 is 112 Å². The van der Waals surface area contributed by atoms with Crippen molar-refractivity contribution in [2.45, 2.75) is 255 Å². The number of benzene rings is 3. The molecule has 10 heterocycles. The van der Waals surface area contributed by atoms with Crippen LogP contribution in [0.2, 0.25) is 0 Å². The normalized spacial score (nSPS) is 28.3. The second-order valence-electron chi connectivity index (χ2n) is 39.6. The number of aromatic nitrogens is 3. The minimum Gasteiger partial charge on any atom is -0.455 e. The van der Waals surface area contributed by atoms with Crippen molar-refractivity contribution >= 4 is 116 Å². The van der Waals surface area contributed by atoms with Crippen LogP contribution in [0.1, 0.15) is 234 Å². The maximum Gasteiger partial charge on any atom is 0.325 e. The molecular weight excluding hydrogens is 1680 g/mol. The fraction of sp³-hybridized carbons (Fsp3) is 0.545. The Labute approximate surface area is 775 Å². The number of hydrogen-bond donors (Lipinski definition) is 9. The number of cyclic esters (lactones) is 2. The average molecular weight is 1810 g/mol. The van der Waals surface area contributed by atoms with Gasteiger partial charge in [0.25, 0.3) is 17.7 Å². The van der Waals surface area contributed by atoms with Gasteiger partial charge in [0.15, 0.2) is 0 Å². The largest absolute Gasteiger partial charge is 0.455 e. The summed E-state index contributed by atoms with van der Waals surface area (Å²) in [6.45, 7) is 38.5. The van der Waals surface area contributed by atoms with Gasteiger partial charge in [0.05, 0.1) is 76.9 Å². The molecule has 14 rings (SSSR count). The van der Waals surface area contributed by atoms with E-state index in [1.807, 2.05) is 191 Å². The molecule has 4 saturated heterocycles. The van der Waals surface area contributed by atoms with E-state index in [9.17, 15) is 52.7 Å². The summed E-state index contributed by atoms with van der Waals surface area (Å²) in [6, 6.07) is 22.1. The van der Waals surface area contributed by atoms with Gasteiger partial charge in [-0.15, -0.1) is 0 Å². The quantitative estimate of drug-likeness (QED) is 0.0639. The standard InChI is InChI=1S/C35H47N5O7.C34H45N5O5.C32H44N6O3/c1-21(2)29-30(41)37-28(17-45-18-35(6)19-46-20-35)31(42)40-15-7-8-26(39-40)32(43)47-22(3)25-12-11-24-10-9-23(16-27(24)36-25)13-14-34(4,5)33(44)38-29;1-20(2)29-30(40)35-21(3)31(41)39-18-8-11-27(38-39)32(42)44-22(4)26-15-14-24-13-12-23(19-28(24)36-26)16-17-34(5,33(43)37-29)25-9-6-7-10-25;1-19(2)28-29(39)33-20(3)30(40)38-17-9-10-26(36-38)31(41)37(8)21(4)25-14-13-24-12-11-23(18-27(24)35-25)15-16-32(6,7)22(5)34-28/h9-14,16,21-22,26,28-29,39H,7-8,15,17-20H2,1-6H3,(H,37,41)(H,38,44);12-17,19-22,25,27,29,38H,6-11,18H2,1-5H3,(H,35,40)(H,37,43);11-16,18-21,26,28,34,36H,5,9-10,17H2,1-4,6-8H3,(H,33,39)/b14-13+;17-16+;16-15+/t22-,26+,28+,29+;21-,22+,27-,29-,34?;20-,21+,26-,28-/m100/s1. The van der Waals surface area contributed by atoms with Crippen LogP contribution in [0.4, 0.5) is 0 Å². The van der Waals surface area contributed by atoms with Gasteiger partial charge in [-0.25, -0.2) is 26.2 Å². The molecule has 0 spiro atoms. The fourth-order valence-corrected chi connectivity index (χ4v) is 17.4. The lowest BCUT2D eigenvalue weighted by Crippen LogP contribution is -2.63. The highest BCUT2D eigenvalue weighted by Crippen LogP contribution is 2.43. The highest BCUT2D eigenvalue weighted by molar-refractivity contribution is 5.97. The molecule has 1 saturated carbocycles. The molecule has 132 heavy (non-hydrogen) atoms. The molecule has 31 nitrogen and oxygen atoms in total. The number of pyridine rings is 3. The van der Waals surface area contributed by atoms with Crippen molar-refractivity contribution in [1.29, 1.82) is 0 Å². The number of amides is 9. The lowest BCUT2D eigenvalue weighted by molar-refractivity contribution is -0.159. The fourth-order valence-electron chi connectivity index (χ4n) is 17.4. The van der Waals surface area contributed by atoms with Crippen molar-refractivity contribution in [3.63, 3.8) is 0 Å². The maximum atomic E-state index is 14.1. The van der Waals surface area contributed by atoms with Crippen molar-refractivity contribution in [1.82, 2.24) is 83.1 Å². The van der Waals surface area contributed by atoms with Crippen LogP contribution in [0.5, 0.6) is 0 Å². The van der Waals surface area contributed by atoms with Gasteiger partial charge < -0.3 is 55.7 Å². The van der Waals surface area contributed by atoms with Crippen LogP contribution in [-0.4, -0.2) is 207 Å². The van der Waals surface area contributed by atoms with Crippen molar-refractivity contribution in [2.75, 3.05) is 53.1 Å². The number of nitrogens with one attached hydrogen (secondary N) is 9. The molecule has 13 atom stereocenters. The van der Waals surface area contributed by atoms with Crippen molar-refractivity contribution in [3.05, 3.63) is 155 Å². The maximum absolute atomic E-state index is 14.1. The molecule has 15 bridgehead atoms. The lowest BCUT2D eigenvalue weighted by atomic mass is 9.74. The summed E-state index contributed by atoms with van der Waals surface area (Å²) in [6.07, 6.45) is 17.8. The average Bonchev–Trinajstić information content (AvgIpc) is 1.65. The summed E-state index contributed by atoms with van der Waals surface area (Å²) in [5.74, 6) is -4.33. The van der Waals surface area contributed by atoms with E-state index in [1.54, 1.807) is 59.6 Å². The van der Waals surface area contributed by atoms with Crippen LogP contribution >= 0.6 is 0 Å². The monoisotopic (exact) mass is 1810 g/mol. The van der Waals surface area contributed by atoms with Crippen LogP contribution in [0.15, 0.2) is 121 Å². The number of allylic oxidation sites excluding steroid dienone is 1. The lowest BCUT2D eigenvalue weighted by Gasteiger charge is -2.38. The van der Waals surface area contributed by atoms with Gasteiger partial charge in [-0.1, -0.05) is 173 Å². The van der Waals surface area contributed by atoms with Crippen LogP contribution in [0, 0.1) is 45.3 Å². The first-order valence-electron chi connectivity index (χ1n) is 46.8. The van der Waals surface area contributed by atoms with Crippen LogP contribution in [0.3, 0.4) is 0 Å². The Kier molecular flexibility index (Phi) is 32.2. The van der Waals surface area contributed by atoms with E-state index in [0.29, 0.717) is 95.1 Å². The zero-order chi connectivity index (χ0) is 95.6. The number of carbonyl (C=O) groups excluding carboxylic acids is 11. The van der Waals surface area contributed by atoms with Crippen LogP contribution < -0.4 is 48.2 Å². The first-order valence-corrected chi connectivity index (χ1v) is 46.8. The number of rotatable bonds is 8. The smallest absolute Gasteiger partial charge is 0.325 e. The van der Waals surface area contributed by atoms with Gasteiger partial charge in [-0.3, -0.25) is 72.8 Å². The number of carbonyl (C=O) groups is 11. The molecule has 6 aromatic rings. The Morgan fingerprint density at radius 2 is 0.841 bits per heavy atom. The Balaban J connectivity index is 0.000000179. The summed E-state index contributed by atoms with van der Waals surface area (Å²) in [5.41, 5.74) is 14.4. The van der Waals surface area contributed by atoms with E-state index >= 15 is 0 Å². The Bertz CT molecular complexity index is 5390. The number of esters is 2. The summed E-state index contributed by atoms with van der Waals surface area (Å²) in [7, 11) is 1.77. The van der Waals surface area contributed by atoms with Gasteiger partial charge in [0.1, 0.15) is 66.6 Å². The van der Waals surface area contributed by atoms with Gasteiger partial charge >= 0.3 is 11.9 Å². The number of nitrogens with zero attached hydrogens (tertiary/aromatic N) is 7. The SMILES string of the molecule is C=C1N[C@@H](C(C)C)C(=O)N[C@@H](C)C(=O)N2CCC[C@H](N2)C(=O)N(C)[C@H](C)c2ccc3ccc(cc3n2)/C=C/C1(C)C.CC(C)[C@@H]1NC(=O)C(C)(C)/C=C/c2ccc3ccc(nc3c2)[C@@H](C)OC(=O)[C@@H]2CCCN(N2)C(=O)[C@H](COCC2(C)COC2)NC1=O.CC(C)[C@@H]1NC(=O)C(C)(C2CCCC2)/C=C/c2ccc3ccc(nc3c2)[C@@H](C)OC(=O)[C@@H]2CCCN(N2)C(=O)[C@H](C)NC1=O. The molecule has 8 aliphatic rings. The molecule has 3 aromatic heterocycles. The second-order valence-corrected chi connectivity index (χ2v) is 39.6. The third kappa shape index (κ3) is 24.2. The predicted molar refractivity (Wildman–Crippen MR) is 505 cm³/mol. The summed E-state index contributed by atoms with van der Waals surface area (Å²) in [5, 5.41) is 24.9. The van der Waals surface area contributed by atoms with Crippen LogP contribution in [-0.2, 0) is 71.7 Å². The minimum atomic E-state index is -1.07. The zero-order valence-corrected chi connectivity index (χ0v) is 79.8. The first-order chi connectivity index (χ1) is 62.5. The number of fused-ring (bicyclic) bond motifs is 12. The predicted octanol–water partition coefficient (Wildman–Crippen LogP) is 11.2. The minimum absolute atomic E-state index is 0.0520. The van der Waals surface area contributed by atoms with E-state index in [1.165, 1.54) is 15.0 Å². The van der Waals surface area contributed by atoms with Crippen molar-refractivity contribution in [3.8, 4) is 0 Å². The summed E-state index contributed by atoms with van der Waals surface area (Å²) >= 11 is 0. The number of hydrogen-bond acceptors (Lipinski definition) is 22. The highest BCUT2D eigenvalue weighted by Gasteiger charge is 2.45. The number of likely N-dealkylation sites (N-methyl/N-ethyl adjacent to an activating group) is 1. The van der Waals surface area contributed by atoms with Crippen molar-refractivity contribution < 1.29 is 71.7 Å². The van der Waals surface area contributed by atoms with Gasteiger partial charge in [0, 0.05) is 59.4 Å². The van der Waals surface area contributed by atoms with E-state index in [2.05, 4.69) is 60.8 Å². The molecule has 1 aliphatic carbocycles. The van der Waals surface area contributed by atoms with E-state index in [-0.39, 0.29) is 77.2 Å². The van der Waals surface area contributed by atoms with E-state index in [0.717, 1.165) is 80.8 Å². The Morgan fingerprint density at radius 1 is 0.447 bits per heavy atom. The molecule has 31 heteroatoms. The molecule has 5 fully saturated rings. The van der Waals surface area contributed by atoms with Gasteiger partial charge in [-0.2, -0.15) is 0 Å². The first kappa shape index (κ1) is 99.6. The molecule has 1 unspecified atom stereocenters. The van der Waals surface area contributed by atoms with Gasteiger partial charge in [-0.05, 0) is 184 Å². The Morgan fingerprint density at radius 3 is 1.30 bits per heavy atom. The number of ether oxygens (including phenoxy) is 4. The molecule has 7 aliphatic heterocycles. The Hall–Kier alpha value is -11.4. The highest BCUT2D eigenvalue weighted by atomic mass is 16.6. The molecule has 9 amide bonds. The molecule has 3 aromatic carbocycles. The zero-order valence-electron chi connectivity index (χ0n) is 79.8. The summed E-state index contributed by atoms with van der Waals surface area (Å²) < 4.78 is 22.9. The molecular formula is C101H136N16O15. The summed E-state index contributed by atoms with van der Waals surface area (Å²) in [4.78, 5) is 165. The number of hydrazine groups is 3. The van der Waals surface area contributed by atoms with Crippen LogP contribution in [0.25, 0.3) is 50.9 Å².